The molecule has 1 aromatic rings. The summed E-state index contributed by atoms with van der Waals surface area (Å²) >= 11 is 0. The Kier molecular flexibility index (Phi) is 5.34. The summed E-state index contributed by atoms with van der Waals surface area (Å²) in [4.78, 5) is 41.2. The van der Waals surface area contributed by atoms with E-state index >= 15 is 0 Å². The molecule has 0 atom stereocenters. The predicted molar refractivity (Wildman–Crippen MR) is 73.5 cm³/mol. The Morgan fingerprint density at radius 3 is 2.33 bits per heavy atom. The quantitative estimate of drug-likeness (QED) is 0.388. The highest BCUT2D eigenvalue weighted by Crippen LogP contribution is 2.31. The van der Waals surface area contributed by atoms with Crippen LogP contribution in [-0.4, -0.2) is 46.3 Å². The summed E-state index contributed by atoms with van der Waals surface area (Å²) in [6.45, 7) is 1.25. The molecule has 1 rings (SSSR count). The van der Waals surface area contributed by atoms with Gasteiger partial charge in [0.1, 0.15) is 6.33 Å². The molecular formula is C10H15N7O4. The molecule has 11 heteroatoms. The lowest BCUT2D eigenvalue weighted by Crippen LogP contribution is -2.40. The van der Waals surface area contributed by atoms with Crippen LogP contribution in [0.4, 0.5) is 17.3 Å². The minimum absolute atomic E-state index is 0.0218. The third-order valence-corrected chi connectivity index (χ3v) is 2.32. The molecule has 114 valence electrons. The van der Waals surface area contributed by atoms with Gasteiger partial charge in [-0.1, -0.05) is 0 Å². The lowest BCUT2D eigenvalue weighted by molar-refractivity contribution is -0.383. The summed E-state index contributed by atoms with van der Waals surface area (Å²) in [7, 11) is 0. The summed E-state index contributed by atoms with van der Waals surface area (Å²) in [5, 5.41) is 13.9. The summed E-state index contributed by atoms with van der Waals surface area (Å²) in [5.74, 6) is -1.79. The van der Waals surface area contributed by atoms with Gasteiger partial charge in [0.05, 0.1) is 18.0 Å². The number of anilines is 2. The zero-order valence-corrected chi connectivity index (χ0v) is 11.3. The second-order valence-electron chi connectivity index (χ2n) is 3.97. The summed E-state index contributed by atoms with van der Waals surface area (Å²) in [6.07, 6.45) is 1.08. The van der Waals surface area contributed by atoms with Crippen molar-refractivity contribution < 1.29 is 14.5 Å². The predicted octanol–water partition coefficient (Wildman–Crippen LogP) is -1.41. The number of carbonyl (C=O) groups is 2. The molecule has 0 aromatic carbocycles. The first-order valence-electron chi connectivity index (χ1n) is 5.91. The molecule has 1 heterocycles. The van der Waals surface area contributed by atoms with Crippen LogP contribution in [0.25, 0.3) is 0 Å². The Morgan fingerprint density at radius 1 is 1.33 bits per heavy atom. The maximum Gasteiger partial charge on any atom is 0.353 e. The number of hydrogen-bond donors (Lipinski definition) is 3. The molecule has 0 aliphatic heterocycles. The smallest absolute Gasteiger partial charge is 0.353 e. The number of primary amides is 2. The number of amides is 2. The maximum atomic E-state index is 11.2. The van der Waals surface area contributed by atoms with Gasteiger partial charge in [-0.25, -0.2) is 9.97 Å². The molecule has 0 spiro atoms. The average Bonchev–Trinajstić information content (AvgIpc) is 2.36. The highest BCUT2D eigenvalue weighted by molar-refractivity contribution is 5.86. The fourth-order valence-corrected chi connectivity index (χ4v) is 1.65. The number of aromatic nitrogens is 2. The normalized spacial score (nSPS) is 9.95. The molecule has 1 aromatic heterocycles. The van der Waals surface area contributed by atoms with Crippen molar-refractivity contribution in [3.63, 3.8) is 0 Å². The van der Waals surface area contributed by atoms with Crippen molar-refractivity contribution in [3.05, 3.63) is 16.4 Å². The van der Waals surface area contributed by atoms with Gasteiger partial charge >= 0.3 is 5.69 Å². The molecule has 11 nitrogen and oxygen atoms in total. The molecule has 0 fully saturated rings. The molecule has 2 amide bonds. The zero-order valence-electron chi connectivity index (χ0n) is 11.3. The van der Waals surface area contributed by atoms with Crippen LogP contribution in [-0.2, 0) is 9.59 Å². The number of nitrogens with two attached hydrogens (primary N) is 2. The zero-order chi connectivity index (χ0) is 16.0. The van der Waals surface area contributed by atoms with E-state index in [1.807, 2.05) is 0 Å². The van der Waals surface area contributed by atoms with Crippen molar-refractivity contribution in [2.24, 2.45) is 11.5 Å². The van der Waals surface area contributed by atoms with Crippen LogP contribution in [0.2, 0.25) is 0 Å². The van der Waals surface area contributed by atoms with Gasteiger partial charge in [-0.2, -0.15) is 0 Å². The lowest BCUT2D eigenvalue weighted by atomic mass is 10.3. The highest BCUT2D eigenvalue weighted by atomic mass is 16.6. The van der Waals surface area contributed by atoms with Gasteiger partial charge in [0.25, 0.3) is 0 Å². The van der Waals surface area contributed by atoms with E-state index in [0.717, 1.165) is 11.2 Å². The minimum atomic E-state index is -0.783. The largest absolute Gasteiger partial charge is 0.368 e. The Bertz CT molecular complexity index is 546. The van der Waals surface area contributed by atoms with E-state index in [1.165, 1.54) is 0 Å². The number of carbonyl (C=O) groups excluding carboxylic acids is 2. The van der Waals surface area contributed by atoms with Crippen LogP contribution in [0.3, 0.4) is 0 Å². The Morgan fingerprint density at radius 2 is 1.90 bits per heavy atom. The van der Waals surface area contributed by atoms with Gasteiger partial charge in [0.15, 0.2) is 0 Å². The molecule has 0 aliphatic rings. The number of rotatable bonds is 8. The highest BCUT2D eigenvalue weighted by Gasteiger charge is 2.28. The minimum Gasteiger partial charge on any atom is -0.368 e. The first-order valence-corrected chi connectivity index (χ1v) is 5.91. The Labute approximate surface area is 119 Å². The van der Waals surface area contributed by atoms with Crippen LogP contribution >= 0.6 is 0 Å². The van der Waals surface area contributed by atoms with Gasteiger partial charge < -0.3 is 21.7 Å². The lowest BCUT2D eigenvalue weighted by Gasteiger charge is -2.20. The summed E-state index contributed by atoms with van der Waals surface area (Å²) in [6, 6.07) is 0. The number of nitrogens with zero attached hydrogens (tertiary/aromatic N) is 4. The van der Waals surface area contributed by atoms with Crippen LogP contribution in [0.5, 0.6) is 0 Å². The monoisotopic (exact) mass is 297 g/mol. The van der Waals surface area contributed by atoms with Crippen LogP contribution in [0.1, 0.15) is 6.92 Å². The molecule has 0 radical (unpaired) electrons. The van der Waals surface area contributed by atoms with Gasteiger partial charge in [-0.3, -0.25) is 19.7 Å². The molecule has 21 heavy (non-hydrogen) atoms. The van der Waals surface area contributed by atoms with E-state index in [2.05, 4.69) is 15.3 Å². The fraction of sp³-hybridized carbons (Fsp3) is 0.400. The van der Waals surface area contributed by atoms with Crippen molar-refractivity contribution in [2.75, 3.05) is 29.9 Å². The molecule has 5 N–H and O–H groups in total. The van der Waals surface area contributed by atoms with E-state index in [9.17, 15) is 19.7 Å². The van der Waals surface area contributed by atoms with E-state index in [4.69, 9.17) is 11.5 Å². The van der Waals surface area contributed by atoms with Gasteiger partial charge in [0.2, 0.25) is 23.5 Å². The number of hydrogen-bond acceptors (Lipinski definition) is 8. The molecule has 0 saturated carbocycles. The van der Waals surface area contributed by atoms with Crippen LogP contribution in [0.15, 0.2) is 6.33 Å². The average molecular weight is 297 g/mol. The summed E-state index contributed by atoms with van der Waals surface area (Å²) in [5.41, 5.74) is 9.68. The third kappa shape index (κ3) is 4.26. The van der Waals surface area contributed by atoms with Crippen molar-refractivity contribution >= 4 is 29.1 Å². The van der Waals surface area contributed by atoms with Gasteiger partial charge in [0, 0.05) is 6.54 Å². The second kappa shape index (κ2) is 6.98. The van der Waals surface area contributed by atoms with Crippen LogP contribution < -0.4 is 21.7 Å². The van der Waals surface area contributed by atoms with E-state index in [-0.39, 0.29) is 11.6 Å². The molecular weight excluding hydrogens is 282 g/mol. The molecule has 0 aliphatic carbocycles. The number of nitro groups is 1. The van der Waals surface area contributed by atoms with Gasteiger partial charge in [-0.05, 0) is 6.92 Å². The topological polar surface area (TPSA) is 170 Å². The fourth-order valence-electron chi connectivity index (χ4n) is 1.65. The maximum absolute atomic E-state index is 11.2. The Balaban J connectivity index is 3.34. The van der Waals surface area contributed by atoms with Gasteiger partial charge in [-0.15, -0.1) is 0 Å². The van der Waals surface area contributed by atoms with Crippen molar-refractivity contribution in [3.8, 4) is 0 Å². The second-order valence-corrected chi connectivity index (χ2v) is 3.97. The molecule has 0 bridgehead atoms. The first-order chi connectivity index (χ1) is 9.86. The molecule has 0 saturated heterocycles. The van der Waals surface area contributed by atoms with Crippen molar-refractivity contribution in [1.29, 1.82) is 0 Å². The third-order valence-electron chi connectivity index (χ3n) is 2.32. The molecule has 0 unspecified atom stereocenters. The van der Waals surface area contributed by atoms with Crippen LogP contribution in [0, 0.1) is 10.1 Å². The number of nitrogens with one attached hydrogen (secondary N) is 1. The standard InChI is InChI=1S/C10H15N7O4/c1-2-13-9-8(17(20)21)10(15-5-14-9)16(3-6(11)18)4-7(12)19/h5H,2-4H2,1H3,(H2,11,18)(H2,12,19)(H,13,14,15). The van der Waals surface area contributed by atoms with Crippen molar-refractivity contribution in [1.82, 2.24) is 9.97 Å². The van der Waals surface area contributed by atoms with E-state index in [0.29, 0.717) is 6.54 Å². The van der Waals surface area contributed by atoms with E-state index < -0.39 is 35.5 Å². The summed E-state index contributed by atoms with van der Waals surface area (Å²) < 4.78 is 0. The Hall–Kier alpha value is -2.98. The first kappa shape index (κ1) is 16.1. The SMILES string of the molecule is CCNc1ncnc(N(CC(N)=O)CC(N)=O)c1[N+](=O)[O-]. The van der Waals surface area contributed by atoms with Crippen molar-refractivity contribution in [2.45, 2.75) is 6.92 Å². The van der Waals surface area contributed by atoms with E-state index in [1.54, 1.807) is 6.92 Å².